The summed E-state index contributed by atoms with van der Waals surface area (Å²) in [5.41, 5.74) is 1.39. The van der Waals surface area contributed by atoms with Gasteiger partial charge in [0.2, 0.25) is 0 Å². The smallest absolute Gasteiger partial charge is 0.122 e. The average molecular weight is 233 g/mol. The summed E-state index contributed by atoms with van der Waals surface area (Å²) in [6.07, 6.45) is 1.21. The largest absolute Gasteiger partial charge is 0.493 e. The van der Waals surface area contributed by atoms with Gasteiger partial charge in [-0.05, 0) is 24.9 Å². The lowest BCUT2D eigenvalue weighted by Crippen LogP contribution is -2.28. The number of rotatable bonds is 5. The third-order valence-corrected chi connectivity index (χ3v) is 3.36. The van der Waals surface area contributed by atoms with E-state index in [0.717, 1.165) is 18.9 Å². The van der Waals surface area contributed by atoms with Gasteiger partial charge in [-0.25, -0.2) is 0 Å². The molecule has 2 nitrogen and oxygen atoms in total. The summed E-state index contributed by atoms with van der Waals surface area (Å²) >= 11 is 0. The summed E-state index contributed by atoms with van der Waals surface area (Å²) in [5.74, 6) is 2.36. The standard InChI is InChI=1S/C15H23NO/c1-11(2)16-9-12(3)8-13-10-17-15-7-5-4-6-14(13)15/h4-7,11-13,16H,8-10H2,1-3H3. The van der Waals surface area contributed by atoms with Crippen molar-refractivity contribution in [2.75, 3.05) is 13.2 Å². The van der Waals surface area contributed by atoms with Gasteiger partial charge in [-0.1, -0.05) is 39.0 Å². The van der Waals surface area contributed by atoms with Gasteiger partial charge >= 0.3 is 0 Å². The highest BCUT2D eigenvalue weighted by molar-refractivity contribution is 5.39. The topological polar surface area (TPSA) is 21.3 Å². The van der Waals surface area contributed by atoms with Gasteiger partial charge in [-0.3, -0.25) is 0 Å². The molecule has 2 rings (SSSR count). The highest BCUT2D eigenvalue weighted by Crippen LogP contribution is 2.36. The number of hydrogen-bond acceptors (Lipinski definition) is 2. The van der Waals surface area contributed by atoms with Crippen LogP contribution in [0.15, 0.2) is 24.3 Å². The van der Waals surface area contributed by atoms with Gasteiger partial charge in [0.05, 0.1) is 6.61 Å². The molecule has 1 aromatic carbocycles. The summed E-state index contributed by atoms with van der Waals surface area (Å²) in [5, 5.41) is 3.50. The second-order valence-electron chi connectivity index (χ2n) is 5.45. The van der Waals surface area contributed by atoms with Crippen LogP contribution >= 0.6 is 0 Å². The van der Waals surface area contributed by atoms with Crippen molar-refractivity contribution in [2.45, 2.75) is 39.2 Å². The maximum Gasteiger partial charge on any atom is 0.122 e. The Kier molecular flexibility index (Phi) is 4.06. The Labute approximate surface area is 104 Å². The Bertz CT molecular complexity index is 362. The summed E-state index contributed by atoms with van der Waals surface area (Å²) in [6.45, 7) is 8.65. The van der Waals surface area contributed by atoms with Gasteiger partial charge in [-0.15, -0.1) is 0 Å². The molecule has 0 fully saturated rings. The number of benzene rings is 1. The molecule has 1 aromatic rings. The molecule has 1 aliphatic heterocycles. The molecule has 0 amide bonds. The lowest BCUT2D eigenvalue weighted by molar-refractivity contribution is 0.306. The van der Waals surface area contributed by atoms with Gasteiger partial charge in [0.1, 0.15) is 5.75 Å². The normalized spacial score (nSPS) is 20.1. The lowest BCUT2D eigenvalue weighted by atomic mass is 9.91. The van der Waals surface area contributed by atoms with E-state index in [-0.39, 0.29) is 0 Å². The molecular weight excluding hydrogens is 210 g/mol. The van der Waals surface area contributed by atoms with E-state index in [1.165, 1.54) is 12.0 Å². The Balaban J connectivity index is 1.88. The zero-order chi connectivity index (χ0) is 12.3. The fourth-order valence-electron chi connectivity index (χ4n) is 2.43. The molecule has 1 N–H and O–H groups in total. The molecule has 0 aromatic heterocycles. The molecule has 0 saturated heterocycles. The molecule has 0 aliphatic carbocycles. The third kappa shape index (κ3) is 3.22. The fourth-order valence-corrected chi connectivity index (χ4v) is 2.43. The molecule has 0 spiro atoms. The number of nitrogens with one attached hydrogen (secondary N) is 1. The van der Waals surface area contributed by atoms with Crippen LogP contribution in [0.2, 0.25) is 0 Å². The SMILES string of the molecule is CC(CNC(C)C)CC1COc2ccccc21. The first-order valence-corrected chi connectivity index (χ1v) is 6.62. The number of hydrogen-bond donors (Lipinski definition) is 1. The van der Waals surface area contributed by atoms with Crippen LogP contribution in [0, 0.1) is 5.92 Å². The Morgan fingerprint density at radius 3 is 2.82 bits per heavy atom. The minimum Gasteiger partial charge on any atom is -0.493 e. The maximum atomic E-state index is 5.72. The first-order valence-electron chi connectivity index (χ1n) is 6.62. The van der Waals surface area contributed by atoms with Crippen molar-refractivity contribution < 1.29 is 4.74 Å². The summed E-state index contributed by atoms with van der Waals surface area (Å²) in [4.78, 5) is 0. The van der Waals surface area contributed by atoms with E-state index in [0.29, 0.717) is 17.9 Å². The van der Waals surface area contributed by atoms with E-state index < -0.39 is 0 Å². The zero-order valence-corrected chi connectivity index (χ0v) is 11.1. The molecule has 94 valence electrons. The lowest BCUT2D eigenvalue weighted by Gasteiger charge is -2.18. The summed E-state index contributed by atoms with van der Waals surface area (Å²) < 4.78 is 5.72. The third-order valence-electron chi connectivity index (χ3n) is 3.36. The van der Waals surface area contributed by atoms with Crippen molar-refractivity contribution in [3.8, 4) is 5.75 Å². The van der Waals surface area contributed by atoms with E-state index in [1.807, 2.05) is 6.07 Å². The molecule has 1 heterocycles. The number of para-hydroxylation sites is 1. The van der Waals surface area contributed by atoms with Crippen LogP contribution in [0.25, 0.3) is 0 Å². The highest BCUT2D eigenvalue weighted by atomic mass is 16.5. The van der Waals surface area contributed by atoms with Gasteiger partial charge in [-0.2, -0.15) is 0 Å². The molecule has 2 unspecified atom stereocenters. The molecule has 2 heteroatoms. The van der Waals surface area contributed by atoms with E-state index in [2.05, 4.69) is 44.3 Å². The molecule has 17 heavy (non-hydrogen) atoms. The van der Waals surface area contributed by atoms with Crippen molar-refractivity contribution in [1.29, 1.82) is 0 Å². The fraction of sp³-hybridized carbons (Fsp3) is 0.600. The maximum absolute atomic E-state index is 5.72. The summed E-state index contributed by atoms with van der Waals surface area (Å²) in [6, 6.07) is 9.01. The van der Waals surface area contributed by atoms with Crippen LogP contribution in [-0.2, 0) is 0 Å². The Morgan fingerprint density at radius 1 is 1.29 bits per heavy atom. The van der Waals surface area contributed by atoms with Gasteiger partial charge < -0.3 is 10.1 Å². The van der Waals surface area contributed by atoms with Crippen LogP contribution in [0.3, 0.4) is 0 Å². The highest BCUT2D eigenvalue weighted by Gasteiger charge is 2.24. The van der Waals surface area contributed by atoms with Crippen LogP contribution < -0.4 is 10.1 Å². The van der Waals surface area contributed by atoms with Crippen LogP contribution in [-0.4, -0.2) is 19.2 Å². The Morgan fingerprint density at radius 2 is 2.06 bits per heavy atom. The monoisotopic (exact) mass is 233 g/mol. The molecule has 1 aliphatic rings. The second-order valence-corrected chi connectivity index (χ2v) is 5.45. The van der Waals surface area contributed by atoms with Crippen molar-refractivity contribution in [3.05, 3.63) is 29.8 Å². The van der Waals surface area contributed by atoms with E-state index in [1.54, 1.807) is 0 Å². The number of fused-ring (bicyclic) bond motifs is 1. The van der Waals surface area contributed by atoms with Crippen LogP contribution in [0.4, 0.5) is 0 Å². The molecule has 0 bridgehead atoms. The predicted octanol–water partition coefficient (Wildman–Crippen LogP) is 3.19. The average Bonchev–Trinajstić information content (AvgIpc) is 2.70. The first-order chi connectivity index (χ1) is 8.16. The van der Waals surface area contributed by atoms with Crippen molar-refractivity contribution in [1.82, 2.24) is 5.32 Å². The van der Waals surface area contributed by atoms with E-state index in [4.69, 9.17) is 4.74 Å². The zero-order valence-electron chi connectivity index (χ0n) is 11.1. The molecular formula is C15H23NO. The van der Waals surface area contributed by atoms with Crippen LogP contribution in [0.5, 0.6) is 5.75 Å². The molecule has 0 saturated carbocycles. The predicted molar refractivity (Wildman–Crippen MR) is 71.6 cm³/mol. The molecule has 0 radical (unpaired) electrons. The van der Waals surface area contributed by atoms with Crippen LogP contribution in [0.1, 0.15) is 38.7 Å². The van der Waals surface area contributed by atoms with Gasteiger partial charge in [0, 0.05) is 17.5 Å². The van der Waals surface area contributed by atoms with Gasteiger partial charge in [0.25, 0.3) is 0 Å². The minimum absolute atomic E-state index is 0.574. The number of ether oxygens (including phenoxy) is 1. The quantitative estimate of drug-likeness (QED) is 0.843. The summed E-state index contributed by atoms with van der Waals surface area (Å²) in [7, 11) is 0. The molecule has 2 atom stereocenters. The van der Waals surface area contributed by atoms with E-state index >= 15 is 0 Å². The Hall–Kier alpha value is -1.02. The van der Waals surface area contributed by atoms with Crippen molar-refractivity contribution in [2.24, 2.45) is 5.92 Å². The van der Waals surface area contributed by atoms with E-state index in [9.17, 15) is 0 Å². The second kappa shape index (κ2) is 5.54. The van der Waals surface area contributed by atoms with Crippen molar-refractivity contribution in [3.63, 3.8) is 0 Å². The minimum atomic E-state index is 0.574. The first kappa shape index (κ1) is 12.4. The van der Waals surface area contributed by atoms with Crippen molar-refractivity contribution >= 4 is 0 Å². The van der Waals surface area contributed by atoms with Gasteiger partial charge in [0.15, 0.2) is 0 Å².